The van der Waals surface area contributed by atoms with Crippen LogP contribution in [0.4, 0.5) is 5.95 Å². The Bertz CT molecular complexity index is 536. The summed E-state index contributed by atoms with van der Waals surface area (Å²) in [6.45, 7) is 1.54. The zero-order valence-electron chi connectivity index (χ0n) is 11.6. The summed E-state index contributed by atoms with van der Waals surface area (Å²) in [6.07, 6.45) is 5.72. The molecule has 1 unspecified atom stereocenters. The smallest absolute Gasteiger partial charge is 0.307 e. The Hall–Kier alpha value is -2.18. The van der Waals surface area contributed by atoms with Crippen molar-refractivity contribution in [3.8, 4) is 0 Å². The van der Waals surface area contributed by atoms with Gasteiger partial charge in [-0.2, -0.15) is 0 Å². The Kier molecular flexibility index (Phi) is 3.72. The van der Waals surface area contributed by atoms with Gasteiger partial charge in [-0.3, -0.25) is 9.59 Å². The minimum absolute atomic E-state index is 0.0325. The molecule has 2 aliphatic rings. The molecule has 2 fully saturated rings. The second kappa shape index (κ2) is 5.67. The molecule has 1 amide bonds. The number of carboxylic acids is 1. The largest absolute Gasteiger partial charge is 0.481 e. The van der Waals surface area contributed by atoms with E-state index in [0.29, 0.717) is 18.9 Å². The first-order valence-corrected chi connectivity index (χ1v) is 7.20. The Morgan fingerprint density at radius 1 is 1.29 bits per heavy atom. The number of carbonyl (C=O) groups excluding carboxylic acids is 1. The molecule has 7 heteroatoms. The second-order valence-electron chi connectivity index (χ2n) is 5.63. The molecule has 7 nitrogen and oxygen atoms in total. The maximum Gasteiger partial charge on any atom is 0.307 e. The van der Waals surface area contributed by atoms with Gasteiger partial charge >= 0.3 is 5.97 Å². The van der Waals surface area contributed by atoms with Crippen LogP contribution < -0.4 is 10.2 Å². The molecule has 0 radical (unpaired) electrons. The zero-order chi connectivity index (χ0) is 14.8. The van der Waals surface area contributed by atoms with Crippen LogP contribution in [0.1, 0.15) is 19.3 Å². The van der Waals surface area contributed by atoms with Crippen LogP contribution in [0.25, 0.3) is 0 Å². The molecule has 2 N–H and O–H groups in total. The van der Waals surface area contributed by atoms with Crippen molar-refractivity contribution in [3.63, 3.8) is 0 Å². The molecule has 3 rings (SSSR count). The fraction of sp³-hybridized carbons (Fsp3) is 0.571. The number of hydrogen-bond donors (Lipinski definition) is 2. The number of anilines is 1. The van der Waals surface area contributed by atoms with Crippen LogP contribution in [0.5, 0.6) is 0 Å². The number of carboxylic acid groups (broad SMARTS) is 1. The predicted octanol–water partition coefficient (Wildman–Crippen LogP) is 0.282. The minimum atomic E-state index is -0.877. The van der Waals surface area contributed by atoms with Gasteiger partial charge in [0.15, 0.2) is 0 Å². The van der Waals surface area contributed by atoms with Gasteiger partial charge < -0.3 is 15.3 Å². The third kappa shape index (κ3) is 3.12. The van der Waals surface area contributed by atoms with E-state index in [1.807, 2.05) is 0 Å². The van der Waals surface area contributed by atoms with Crippen LogP contribution in [0, 0.1) is 11.8 Å². The van der Waals surface area contributed by atoms with E-state index in [1.165, 1.54) is 0 Å². The lowest BCUT2D eigenvalue weighted by atomic mass is 10.1. The molecule has 1 saturated carbocycles. The second-order valence-corrected chi connectivity index (χ2v) is 5.63. The number of aliphatic carboxylic acids is 1. The van der Waals surface area contributed by atoms with Crippen LogP contribution >= 0.6 is 0 Å². The monoisotopic (exact) mass is 290 g/mol. The maximum absolute atomic E-state index is 12.0. The summed E-state index contributed by atoms with van der Waals surface area (Å²) in [5.74, 6) is -1.19. The van der Waals surface area contributed by atoms with Gasteiger partial charge in [-0.15, -0.1) is 0 Å². The van der Waals surface area contributed by atoms with Crippen molar-refractivity contribution in [2.45, 2.75) is 25.3 Å². The van der Waals surface area contributed by atoms with Crippen molar-refractivity contribution in [1.82, 2.24) is 15.3 Å². The number of rotatable bonds is 4. The van der Waals surface area contributed by atoms with Crippen LogP contribution in [0.15, 0.2) is 18.5 Å². The summed E-state index contributed by atoms with van der Waals surface area (Å²) in [5.41, 5.74) is 0. The van der Waals surface area contributed by atoms with Crippen molar-refractivity contribution in [1.29, 1.82) is 0 Å². The summed E-state index contributed by atoms with van der Waals surface area (Å²) >= 11 is 0. The van der Waals surface area contributed by atoms with Gasteiger partial charge in [0, 0.05) is 31.5 Å². The number of nitrogens with zero attached hydrogens (tertiary/aromatic N) is 3. The summed E-state index contributed by atoms with van der Waals surface area (Å²) in [7, 11) is 0. The van der Waals surface area contributed by atoms with Gasteiger partial charge in [-0.25, -0.2) is 9.97 Å². The highest BCUT2D eigenvalue weighted by Gasteiger charge is 2.48. The standard InChI is InChI=1S/C14H18N4O3/c19-12(10-7-11(10)13(20)21)17-9-3-1-6-18(8-9)14-15-4-2-5-16-14/h2,4-5,9-11H,1,3,6-8H2,(H,17,19)(H,20,21)/t9?,10-,11+/m1/s1. The third-order valence-corrected chi connectivity index (χ3v) is 4.05. The molecule has 112 valence electrons. The Morgan fingerprint density at radius 2 is 2.05 bits per heavy atom. The van der Waals surface area contributed by atoms with Gasteiger partial charge in [0.2, 0.25) is 11.9 Å². The molecule has 1 saturated heterocycles. The highest BCUT2D eigenvalue weighted by atomic mass is 16.4. The van der Waals surface area contributed by atoms with Crippen LogP contribution in [-0.2, 0) is 9.59 Å². The zero-order valence-corrected chi connectivity index (χ0v) is 11.6. The van der Waals surface area contributed by atoms with E-state index < -0.39 is 11.9 Å². The Morgan fingerprint density at radius 3 is 2.71 bits per heavy atom. The molecule has 3 atom stereocenters. The molecule has 1 aliphatic carbocycles. The first-order valence-electron chi connectivity index (χ1n) is 7.20. The molecular formula is C14H18N4O3. The molecule has 2 heterocycles. The number of piperidine rings is 1. The molecular weight excluding hydrogens is 272 g/mol. The summed E-state index contributed by atoms with van der Waals surface area (Å²) in [4.78, 5) is 33.3. The number of amides is 1. The SMILES string of the molecule is O=C(O)[C@H]1C[C@H]1C(=O)NC1CCCN(c2ncccn2)C1. The van der Waals surface area contributed by atoms with Crippen molar-refractivity contribution in [2.24, 2.45) is 11.8 Å². The summed E-state index contributed by atoms with van der Waals surface area (Å²) in [6, 6.07) is 1.80. The Balaban J connectivity index is 1.55. The number of hydrogen-bond acceptors (Lipinski definition) is 5. The molecule has 0 spiro atoms. The van der Waals surface area contributed by atoms with Gasteiger partial charge in [0.05, 0.1) is 11.8 Å². The highest BCUT2D eigenvalue weighted by Crippen LogP contribution is 2.38. The molecule has 21 heavy (non-hydrogen) atoms. The molecule has 1 aliphatic heterocycles. The van der Waals surface area contributed by atoms with Crippen molar-refractivity contribution >= 4 is 17.8 Å². The molecule has 1 aromatic rings. The van der Waals surface area contributed by atoms with Crippen molar-refractivity contribution in [2.75, 3.05) is 18.0 Å². The fourth-order valence-corrected chi connectivity index (χ4v) is 2.80. The van der Waals surface area contributed by atoms with Crippen molar-refractivity contribution < 1.29 is 14.7 Å². The molecule has 0 aromatic carbocycles. The fourth-order valence-electron chi connectivity index (χ4n) is 2.80. The van der Waals surface area contributed by atoms with E-state index in [4.69, 9.17) is 5.11 Å². The topological polar surface area (TPSA) is 95.4 Å². The first kappa shape index (κ1) is 13.8. The quantitative estimate of drug-likeness (QED) is 0.827. The minimum Gasteiger partial charge on any atom is -0.481 e. The van der Waals surface area contributed by atoms with Gasteiger partial charge in [-0.1, -0.05) is 0 Å². The summed E-state index contributed by atoms with van der Waals surface area (Å²) < 4.78 is 0. The molecule has 0 bridgehead atoms. The van der Waals surface area contributed by atoms with E-state index in [-0.39, 0.29) is 17.9 Å². The number of nitrogens with one attached hydrogen (secondary N) is 1. The van der Waals surface area contributed by atoms with Gasteiger partial charge in [0.25, 0.3) is 0 Å². The predicted molar refractivity (Wildman–Crippen MR) is 74.6 cm³/mol. The maximum atomic E-state index is 12.0. The lowest BCUT2D eigenvalue weighted by Crippen LogP contribution is -2.48. The average Bonchev–Trinajstić information content (AvgIpc) is 3.29. The average molecular weight is 290 g/mol. The highest BCUT2D eigenvalue weighted by molar-refractivity contribution is 5.89. The van der Waals surface area contributed by atoms with E-state index in [9.17, 15) is 9.59 Å². The first-order chi connectivity index (χ1) is 10.1. The molecule has 1 aromatic heterocycles. The van der Waals surface area contributed by atoms with E-state index in [2.05, 4.69) is 20.2 Å². The number of carbonyl (C=O) groups is 2. The third-order valence-electron chi connectivity index (χ3n) is 4.05. The van der Waals surface area contributed by atoms with Crippen LogP contribution in [-0.4, -0.2) is 46.1 Å². The van der Waals surface area contributed by atoms with E-state index in [1.54, 1.807) is 18.5 Å². The van der Waals surface area contributed by atoms with Crippen LogP contribution in [0.2, 0.25) is 0 Å². The van der Waals surface area contributed by atoms with Gasteiger partial charge in [-0.05, 0) is 25.3 Å². The van der Waals surface area contributed by atoms with E-state index in [0.717, 1.165) is 19.4 Å². The Labute approximate surface area is 122 Å². The number of aromatic nitrogens is 2. The van der Waals surface area contributed by atoms with Crippen molar-refractivity contribution in [3.05, 3.63) is 18.5 Å². The van der Waals surface area contributed by atoms with Gasteiger partial charge in [0.1, 0.15) is 0 Å². The lowest BCUT2D eigenvalue weighted by Gasteiger charge is -2.33. The van der Waals surface area contributed by atoms with Crippen LogP contribution in [0.3, 0.4) is 0 Å². The normalized spacial score (nSPS) is 28.0. The lowest BCUT2D eigenvalue weighted by molar-refractivity contribution is -0.140. The van der Waals surface area contributed by atoms with E-state index >= 15 is 0 Å². The summed E-state index contributed by atoms with van der Waals surface area (Å²) in [5, 5.41) is 11.8.